The van der Waals surface area contributed by atoms with Crippen LogP contribution in [0.25, 0.3) is 0 Å². The molecule has 0 amide bonds. The Morgan fingerprint density at radius 2 is 0.694 bits per heavy atom. The van der Waals surface area contributed by atoms with Crippen LogP contribution in [0.2, 0.25) is 0 Å². The number of halogens is 2. The number of alkyl halides is 2. The fraction of sp³-hybridized carbons (Fsp3) is 0.143. The third-order valence-corrected chi connectivity index (χ3v) is 6.33. The molecule has 0 heterocycles. The fourth-order valence-electron chi connectivity index (χ4n) is 3.07. The Hall–Kier alpha value is -3.36. The second-order valence-electron chi connectivity index (χ2n) is 7.68. The monoisotopic (exact) mass is 606 g/mol. The van der Waals surface area contributed by atoms with Crippen LogP contribution in [0.15, 0.2) is 118 Å². The van der Waals surface area contributed by atoms with Crippen molar-refractivity contribution >= 4 is 54.6 Å². The summed E-state index contributed by atoms with van der Waals surface area (Å²) in [5.74, 6) is 1.50. The number of azo groups is 2. The van der Waals surface area contributed by atoms with Gasteiger partial charge in [-0.1, -0.05) is 56.1 Å². The average Bonchev–Trinajstić information content (AvgIpc) is 2.95. The molecule has 0 bridgehead atoms. The summed E-state index contributed by atoms with van der Waals surface area (Å²) in [6, 6.07) is 30.8. The first-order valence-corrected chi connectivity index (χ1v) is 13.6. The van der Waals surface area contributed by atoms with Crippen molar-refractivity contribution in [3.05, 3.63) is 108 Å². The van der Waals surface area contributed by atoms with Gasteiger partial charge in [-0.05, 0) is 83.9 Å². The van der Waals surface area contributed by atoms with E-state index in [1.807, 2.05) is 97.1 Å². The minimum Gasteiger partial charge on any atom is -0.490 e. The maximum atomic E-state index is 5.76. The molecule has 0 radical (unpaired) electrons. The van der Waals surface area contributed by atoms with Crippen LogP contribution >= 0.6 is 31.9 Å². The Bertz CT molecular complexity index is 1170. The van der Waals surface area contributed by atoms with E-state index in [4.69, 9.17) is 9.47 Å². The highest BCUT2D eigenvalue weighted by Gasteiger charge is 1.99. The van der Waals surface area contributed by atoms with Gasteiger partial charge in [0.1, 0.15) is 24.7 Å². The highest BCUT2D eigenvalue weighted by molar-refractivity contribution is 9.08. The first kappa shape index (κ1) is 25.7. The van der Waals surface area contributed by atoms with Crippen LogP contribution in [0.4, 0.5) is 22.7 Å². The molecule has 0 aliphatic rings. The van der Waals surface area contributed by atoms with Gasteiger partial charge in [0.2, 0.25) is 0 Å². The van der Waals surface area contributed by atoms with Crippen LogP contribution in [-0.2, 0) is 10.7 Å². The molecular weight excluding hydrogens is 584 g/mol. The molecule has 0 aromatic heterocycles. The lowest BCUT2D eigenvalue weighted by Crippen LogP contribution is -2.08. The fourth-order valence-corrected chi connectivity index (χ4v) is 3.82. The van der Waals surface area contributed by atoms with Gasteiger partial charge in [-0.2, -0.15) is 20.5 Å². The van der Waals surface area contributed by atoms with E-state index in [0.717, 1.165) is 44.9 Å². The number of hydrogen-bond acceptors (Lipinski definition) is 6. The van der Waals surface area contributed by atoms with Gasteiger partial charge in [0.25, 0.3) is 0 Å². The molecule has 0 unspecified atom stereocenters. The Kier molecular flexibility index (Phi) is 9.76. The lowest BCUT2D eigenvalue weighted by Gasteiger charge is -2.08. The minimum atomic E-state index is 0.423. The summed E-state index contributed by atoms with van der Waals surface area (Å²) < 4.78 is 11.5. The third kappa shape index (κ3) is 8.10. The summed E-state index contributed by atoms with van der Waals surface area (Å²) in [6.07, 6.45) is 0. The maximum Gasteiger partial charge on any atom is 0.122 e. The van der Waals surface area contributed by atoms with Crippen molar-refractivity contribution < 1.29 is 9.47 Å². The van der Waals surface area contributed by atoms with Crippen LogP contribution in [-0.4, -0.2) is 13.2 Å². The molecule has 0 atom stereocenters. The summed E-state index contributed by atoms with van der Waals surface area (Å²) in [5, 5.41) is 18.7. The third-order valence-electron chi connectivity index (χ3n) is 5.04. The first-order valence-electron chi connectivity index (χ1n) is 11.3. The molecule has 182 valence electrons. The maximum absolute atomic E-state index is 5.76. The number of nitrogens with zero attached hydrogens (tertiary/aromatic N) is 4. The van der Waals surface area contributed by atoms with Crippen LogP contribution < -0.4 is 9.47 Å². The Balaban J connectivity index is 1.19. The first-order chi connectivity index (χ1) is 17.7. The van der Waals surface area contributed by atoms with E-state index in [1.165, 1.54) is 11.1 Å². The SMILES string of the molecule is BrCc1ccc(N=Nc2ccc(OCCOc3ccc(N=Nc4ccc(CBr)cc4)cc3)cc2)cc1. The van der Waals surface area contributed by atoms with Crippen LogP contribution in [0.5, 0.6) is 11.5 Å². The summed E-state index contributed by atoms with van der Waals surface area (Å²) in [7, 11) is 0. The summed E-state index contributed by atoms with van der Waals surface area (Å²) in [5.41, 5.74) is 5.55. The molecule has 0 fully saturated rings. The van der Waals surface area contributed by atoms with Gasteiger partial charge in [0.05, 0.1) is 22.7 Å². The highest BCUT2D eigenvalue weighted by Crippen LogP contribution is 2.23. The predicted molar refractivity (Wildman–Crippen MR) is 150 cm³/mol. The van der Waals surface area contributed by atoms with Crippen molar-refractivity contribution in [3.63, 3.8) is 0 Å². The van der Waals surface area contributed by atoms with Gasteiger partial charge in [0, 0.05) is 10.7 Å². The summed E-state index contributed by atoms with van der Waals surface area (Å²) >= 11 is 6.87. The molecular formula is C28H24Br2N4O2. The second kappa shape index (κ2) is 13.7. The van der Waals surface area contributed by atoms with Crippen molar-refractivity contribution in [2.24, 2.45) is 20.5 Å². The topological polar surface area (TPSA) is 67.9 Å². The highest BCUT2D eigenvalue weighted by atomic mass is 79.9. The molecule has 0 aliphatic heterocycles. The Morgan fingerprint density at radius 1 is 0.417 bits per heavy atom. The molecule has 0 N–H and O–H groups in total. The van der Waals surface area contributed by atoms with E-state index in [2.05, 4.69) is 52.3 Å². The van der Waals surface area contributed by atoms with Crippen molar-refractivity contribution in [1.82, 2.24) is 0 Å². The van der Waals surface area contributed by atoms with Crippen molar-refractivity contribution in [1.29, 1.82) is 0 Å². The molecule has 0 saturated carbocycles. The van der Waals surface area contributed by atoms with E-state index < -0.39 is 0 Å². The Morgan fingerprint density at radius 3 is 0.972 bits per heavy atom. The molecule has 8 heteroatoms. The van der Waals surface area contributed by atoms with Crippen LogP contribution in [0.1, 0.15) is 11.1 Å². The van der Waals surface area contributed by atoms with E-state index in [9.17, 15) is 0 Å². The summed E-state index contributed by atoms with van der Waals surface area (Å²) in [6.45, 7) is 0.847. The quantitative estimate of drug-likeness (QED) is 0.0967. The van der Waals surface area contributed by atoms with Gasteiger partial charge in [0.15, 0.2) is 0 Å². The van der Waals surface area contributed by atoms with Gasteiger partial charge >= 0.3 is 0 Å². The normalized spacial score (nSPS) is 11.3. The van der Waals surface area contributed by atoms with Crippen molar-refractivity contribution in [3.8, 4) is 11.5 Å². The molecule has 4 aromatic carbocycles. The van der Waals surface area contributed by atoms with Crippen LogP contribution in [0.3, 0.4) is 0 Å². The number of benzene rings is 4. The standard InChI is InChI=1S/C28H24Br2N4O2/c29-19-21-1-5-23(6-2-21)31-33-25-9-13-27(14-10-25)35-17-18-36-28-15-11-26(12-16-28)34-32-24-7-3-22(20-30)4-8-24/h1-16H,17-20H2. The van der Waals surface area contributed by atoms with Crippen molar-refractivity contribution in [2.75, 3.05) is 13.2 Å². The largest absolute Gasteiger partial charge is 0.490 e. The zero-order chi connectivity index (χ0) is 25.0. The number of ether oxygens (including phenoxy) is 2. The molecule has 0 aliphatic carbocycles. The van der Waals surface area contributed by atoms with Gasteiger partial charge in [-0.15, -0.1) is 0 Å². The smallest absolute Gasteiger partial charge is 0.122 e. The van der Waals surface area contributed by atoms with Crippen LogP contribution in [0, 0.1) is 0 Å². The number of rotatable bonds is 11. The van der Waals surface area contributed by atoms with Gasteiger partial charge < -0.3 is 9.47 Å². The molecule has 4 aromatic rings. The van der Waals surface area contributed by atoms with E-state index in [1.54, 1.807) is 0 Å². The van der Waals surface area contributed by atoms with Crippen molar-refractivity contribution in [2.45, 2.75) is 10.7 Å². The number of hydrogen-bond donors (Lipinski definition) is 0. The average molecular weight is 608 g/mol. The van der Waals surface area contributed by atoms with E-state index in [-0.39, 0.29) is 0 Å². The van der Waals surface area contributed by atoms with E-state index >= 15 is 0 Å². The lowest BCUT2D eigenvalue weighted by molar-refractivity contribution is 0.217. The van der Waals surface area contributed by atoms with Gasteiger partial charge in [-0.3, -0.25) is 0 Å². The molecule has 36 heavy (non-hydrogen) atoms. The van der Waals surface area contributed by atoms with Gasteiger partial charge in [-0.25, -0.2) is 0 Å². The molecule has 6 nitrogen and oxygen atoms in total. The van der Waals surface area contributed by atoms with E-state index in [0.29, 0.717) is 13.2 Å². The molecule has 0 saturated heterocycles. The molecule has 0 spiro atoms. The second-order valence-corrected chi connectivity index (χ2v) is 8.81. The Labute approximate surface area is 227 Å². The minimum absolute atomic E-state index is 0.423. The zero-order valence-corrected chi connectivity index (χ0v) is 22.6. The zero-order valence-electron chi connectivity index (χ0n) is 19.4. The lowest BCUT2D eigenvalue weighted by atomic mass is 10.2. The molecule has 4 rings (SSSR count). The predicted octanol–water partition coefficient (Wildman–Crippen LogP) is 9.76. The summed E-state index contributed by atoms with van der Waals surface area (Å²) in [4.78, 5) is 0.